The molecule has 2 aliphatic rings. The standard InChI is InChI=1S/C21H29N3O3/c1-27-12-4-11-24-19-13-15(14-23(21(25)26)17-8-9-17)7-10-18(19)20(22-24)16-5-2-3-6-16/h7,10,13,16-17H,2-6,8-9,11-12,14H2,1H3,(H,25,26). The first-order valence-corrected chi connectivity index (χ1v) is 10.1. The molecule has 2 fully saturated rings. The number of aryl methyl sites for hydroxylation is 1. The maximum Gasteiger partial charge on any atom is 0.407 e. The number of nitrogens with zero attached hydrogens (tertiary/aromatic N) is 3. The van der Waals surface area contributed by atoms with Crippen LogP contribution in [0.5, 0.6) is 0 Å². The molecule has 1 aromatic carbocycles. The van der Waals surface area contributed by atoms with Gasteiger partial charge in [0.1, 0.15) is 0 Å². The van der Waals surface area contributed by atoms with Crippen LogP contribution in [-0.2, 0) is 17.8 Å². The summed E-state index contributed by atoms with van der Waals surface area (Å²) in [5.74, 6) is 0.559. The summed E-state index contributed by atoms with van der Waals surface area (Å²) in [4.78, 5) is 13.1. The molecule has 0 atom stereocenters. The van der Waals surface area contributed by atoms with Crippen molar-refractivity contribution in [2.75, 3.05) is 13.7 Å². The summed E-state index contributed by atoms with van der Waals surface area (Å²) in [6.45, 7) is 2.00. The van der Waals surface area contributed by atoms with Gasteiger partial charge in [-0.3, -0.25) is 4.68 Å². The lowest BCUT2D eigenvalue weighted by atomic mass is 10.00. The Bertz CT molecular complexity index is 806. The number of fused-ring (bicyclic) bond motifs is 1. The Kier molecular flexibility index (Phi) is 5.34. The maximum absolute atomic E-state index is 11.6. The maximum atomic E-state index is 11.6. The number of amides is 1. The number of hydrogen-bond donors (Lipinski definition) is 1. The van der Waals surface area contributed by atoms with Gasteiger partial charge < -0.3 is 14.7 Å². The first-order valence-electron chi connectivity index (χ1n) is 10.1. The van der Waals surface area contributed by atoms with Gasteiger partial charge in [0.25, 0.3) is 0 Å². The third-order valence-electron chi connectivity index (χ3n) is 5.89. The van der Waals surface area contributed by atoms with Crippen LogP contribution in [0, 0.1) is 0 Å². The molecule has 27 heavy (non-hydrogen) atoms. The minimum atomic E-state index is -0.821. The van der Waals surface area contributed by atoms with Crippen molar-refractivity contribution in [1.29, 1.82) is 0 Å². The Morgan fingerprint density at radius 1 is 1.30 bits per heavy atom. The van der Waals surface area contributed by atoms with E-state index in [1.165, 1.54) is 36.8 Å². The Labute approximate surface area is 160 Å². The lowest BCUT2D eigenvalue weighted by molar-refractivity contribution is 0.139. The molecule has 2 aliphatic carbocycles. The Morgan fingerprint density at radius 3 is 2.74 bits per heavy atom. The molecular formula is C21H29N3O3. The smallest absolute Gasteiger partial charge is 0.407 e. The van der Waals surface area contributed by atoms with Crippen molar-refractivity contribution in [2.45, 2.75) is 70.0 Å². The zero-order valence-electron chi connectivity index (χ0n) is 16.1. The molecule has 0 unspecified atom stereocenters. The fraction of sp³-hybridized carbons (Fsp3) is 0.619. The second-order valence-corrected chi connectivity index (χ2v) is 7.93. The van der Waals surface area contributed by atoms with E-state index in [-0.39, 0.29) is 6.04 Å². The SMILES string of the molecule is COCCCn1nc(C2CCCC2)c2ccc(CN(C(=O)O)C3CC3)cc21. The summed E-state index contributed by atoms with van der Waals surface area (Å²) in [6.07, 6.45) is 7.08. The quantitative estimate of drug-likeness (QED) is 0.700. The van der Waals surface area contributed by atoms with Gasteiger partial charge in [0.05, 0.1) is 11.2 Å². The number of aromatic nitrogens is 2. The van der Waals surface area contributed by atoms with Gasteiger partial charge in [0.2, 0.25) is 0 Å². The van der Waals surface area contributed by atoms with Crippen molar-refractivity contribution in [1.82, 2.24) is 14.7 Å². The van der Waals surface area contributed by atoms with Crippen molar-refractivity contribution < 1.29 is 14.6 Å². The minimum Gasteiger partial charge on any atom is -0.465 e. The first-order chi connectivity index (χ1) is 13.2. The van der Waals surface area contributed by atoms with E-state index in [0.717, 1.165) is 36.9 Å². The molecule has 0 saturated heterocycles. The fourth-order valence-corrected chi connectivity index (χ4v) is 4.31. The Hall–Kier alpha value is -2.08. The first kappa shape index (κ1) is 18.3. The molecule has 0 spiro atoms. The second-order valence-electron chi connectivity index (χ2n) is 7.93. The molecule has 2 saturated carbocycles. The van der Waals surface area contributed by atoms with Crippen molar-refractivity contribution in [2.24, 2.45) is 0 Å². The average molecular weight is 371 g/mol. The van der Waals surface area contributed by atoms with E-state index < -0.39 is 6.09 Å². The lowest BCUT2D eigenvalue weighted by Crippen LogP contribution is -2.30. The van der Waals surface area contributed by atoms with E-state index in [1.807, 2.05) is 0 Å². The van der Waals surface area contributed by atoms with Crippen LogP contribution in [0.15, 0.2) is 18.2 Å². The lowest BCUT2D eigenvalue weighted by Gasteiger charge is -2.18. The largest absolute Gasteiger partial charge is 0.465 e. The number of ether oxygens (including phenoxy) is 1. The average Bonchev–Trinajstić information content (AvgIpc) is 3.22. The van der Waals surface area contributed by atoms with Gasteiger partial charge in [0, 0.05) is 44.2 Å². The molecule has 0 radical (unpaired) electrons. The van der Waals surface area contributed by atoms with Crippen LogP contribution in [0.1, 0.15) is 62.1 Å². The predicted octanol–water partition coefficient (Wildman–Crippen LogP) is 4.37. The number of hydrogen-bond acceptors (Lipinski definition) is 3. The Balaban J connectivity index is 1.64. The van der Waals surface area contributed by atoms with Crippen molar-refractivity contribution >= 4 is 17.0 Å². The van der Waals surface area contributed by atoms with Crippen LogP contribution >= 0.6 is 0 Å². The molecule has 4 rings (SSSR count). The summed E-state index contributed by atoms with van der Waals surface area (Å²) < 4.78 is 7.31. The molecule has 0 bridgehead atoms. The second kappa shape index (κ2) is 7.89. The number of carbonyl (C=O) groups is 1. The highest BCUT2D eigenvalue weighted by molar-refractivity contribution is 5.83. The molecule has 6 heteroatoms. The van der Waals surface area contributed by atoms with Gasteiger partial charge in [-0.25, -0.2) is 4.79 Å². The van der Waals surface area contributed by atoms with Gasteiger partial charge in [-0.2, -0.15) is 5.10 Å². The van der Waals surface area contributed by atoms with Crippen molar-refractivity contribution in [3.8, 4) is 0 Å². The third kappa shape index (κ3) is 3.95. The molecule has 0 aliphatic heterocycles. The van der Waals surface area contributed by atoms with E-state index in [0.29, 0.717) is 19.1 Å². The highest BCUT2D eigenvalue weighted by Gasteiger charge is 2.32. The van der Waals surface area contributed by atoms with E-state index in [2.05, 4.69) is 22.9 Å². The van der Waals surface area contributed by atoms with Crippen molar-refractivity contribution in [3.63, 3.8) is 0 Å². The van der Waals surface area contributed by atoms with Crippen LogP contribution in [-0.4, -0.2) is 45.6 Å². The topological polar surface area (TPSA) is 67.6 Å². The minimum absolute atomic E-state index is 0.193. The molecule has 1 N–H and O–H groups in total. The molecule has 2 aromatic rings. The van der Waals surface area contributed by atoms with Gasteiger partial charge >= 0.3 is 6.09 Å². The third-order valence-corrected chi connectivity index (χ3v) is 5.89. The number of methoxy groups -OCH3 is 1. The summed E-state index contributed by atoms with van der Waals surface area (Å²) in [7, 11) is 1.72. The molecule has 1 amide bonds. The highest BCUT2D eigenvalue weighted by atomic mass is 16.5. The Morgan fingerprint density at radius 2 is 2.07 bits per heavy atom. The van der Waals surface area contributed by atoms with E-state index in [1.54, 1.807) is 12.0 Å². The van der Waals surface area contributed by atoms with E-state index >= 15 is 0 Å². The van der Waals surface area contributed by atoms with Gasteiger partial charge in [-0.1, -0.05) is 25.0 Å². The van der Waals surface area contributed by atoms with Crippen LogP contribution in [0.4, 0.5) is 4.79 Å². The monoisotopic (exact) mass is 371 g/mol. The van der Waals surface area contributed by atoms with Crippen LogP contribution in [0.2, 0.25) is 0 Å². The predicted molar refractivity (Wildman–Crippen MR) is 104 cm³/mol. The molecule has 146 valence electrons. The van der Waals surface area contributed by atoms with E-state index in [4.69, 9.17) is 9.84 Å². The molecule has 1 aromatic heterocycles. The molecule has 6 nitrogen and oxygen atoms in total. The number of rotatable bonds is 8. The summed E-state index contributed by atoms with van der Waals surface area (Å²) in [5, 5.41) is 15.7. The molecular weight excluding hydrogens is 342 g/mol. The summed E-state index contributed by atoms with van der Waals surface area (Å²) >= 11 is 0. The van der Waals surface area contributed by atoms with Gasteiger partial charge in [-0.05, 0) is 43.7 Å². The normalized spacial score (nSPS) is 17.7. The van der Waals surface area contributed by atoms with Crippen LogP contribution in [0.3, 0.4) is 0 Å². The summed E-state index contributed by atoms with van der Waals surface area (Å²) in [5.41, 5.74) is 3.40. The highest BCUT2D eigenvalue weighted by Crippen LogP contribution is 2.37. The van der Waals surface area contributed by atoms with Gasteiger partial charge in [0.15, 0.2) is 0 Å². The van der Waals surface area contributed by atoms with Gasteiger partial charge in [-0.15, -0.1) is 0 Å². The number of benzene rings is 1. The van der Waals surface area contributed by atoms with Crippen LogP contribution < -0.4 is 0 Å². The van der Waals surface area contributed by atoms with Crippen molar-refractivity contribution in [3.05, 3.63) is 29.5 Å². The van der Waals surface area contributed by atoms with E-state index in [9.17, 15) is 9.90 Å². The number of carboxylic acid groups (broad SMARTS) is 1. The molecule has 1 heterocycles. The summed E-state index contributed by atoms with van der Waals surface area (Å²) in [6, 6.07) is 6.58. The zero-order chi connectivity index (χ0) is 18.8. The fourth-order valence-electron chi connectivity index (χ4n) is 4.31. The van der Waals surface area contributed by atoms with Crippen LogP contribution in [0.25, 0.3) is 10.9 Å². The zero-order valence-corrected chi connectivity index (χ0v) is 16.1.